The van der Waals surface area contributed by atoms with Crippen LogP contribution in [0.4, 0.5) is 18.3 Å². The van der Waals surface area contributed by atoms with E-state index in [-0.39, 0.29) is 16.6 Å². The number of rotatable bonds is 5. The molecule has 0 unspecified atom stereocenters. The number of anilines is 1. The molecule has 12 heteroatoms. The van der Waals surface area contributed by atoms with E-state index in [0.717, 1.165) is 0 Å². The van der Waals surface area contributed by atoms with Crippen LogP contribution in [0.1, 0.15) is 27.9 Å². The van der Waals surface area contributed by atoms with E-state index >= 15 is 0 Å². The summed E-state index contributed by atoms with van der Waals surface area (Å²) in [5.74, 6) is -0.944. The lowest BCUT2D eigenvalue weighted by molar-refractivity contribution is -0.140. The third-order valence-corrected chi connectivity index (χ3v) is 6.64. The number of carbonyl (C=O) groups is 1. The van der Waals surface area contributed by atoms with E-state index in [9.17, 15) is 23.1 Å². The Morgan fingerprint density at radius 1 is 1.30 bits per heavy atom. The molecule has 30 heavy (non-hydrogen) atoms. The van der Waals surface area contributed by atoms with Crippen molar-refractivity contribution in [1.29, 1.82) is 0 Å². The van der Waals surface area contributed by atoms with Gasteiger partial charge in [-0.15, -0.1) is 11.3 Å². The van der Waals surface area contributed by atoms with Gasteiger partial charge in [-0.1, -0.05) is 40.6 Å². The van der Waals surface area contributed by atoms with Crippen molar-refractivity contribution in [2.75, 3.05) is 12.3 Å². The molecule has 0 aliphatic rings. The first-order chi connectivity index (χ1) is 14.0. The molecule has 0 saturated carbocycles. The molecule has 158 valence electrons. The largest absolute Gasteiger partial charge is 0.506 e. The predicted molar refractivity (Wildman–Crippen MR) is 114 cm³/mol. The smallest absolute Gasteiger partial charge is 0.435 e. The topological polar surface area (TPSA) is 88.6 Å². The summed E-state index contributed by atoms with van der Waals surface area (Å²) in [6.07, 6.45) is -4.79. The highest BCUT2D eigenvalue weighted by Gasteiger charge is 2.39. The van der Waals surface area contributed by atoms with E-state index in [4.69, 9.17) is 28.9 Å². The molecule has 3 aromatic rings. The van der Waals surface area contributed by atoms with Crippen molar-refractivity contribution in [3.63, 3.8) is 0 Å². The number of Topliss-reactive ketones (excluding diaryl/α,β-unsaturated/α-hetero) is 1. The number of benzene rings is 1. The fourth-order valence-electron chi connectivity index (χ4n) is 2.52. The van der Waals surface area contributed by atoms with Crippen LogP contribution in [0.25, 0.3) is 10.4 Å². The Morgan fingerprint density at radius 3 is 2.63 bits per heavy atom. The molecule has 1 aromatic carbocycles. The highest BCUT2D eigenvalue weighted by molar-refractivity contribution is 7.17. The zero-order valence-corrected chi connectivity index (χ0v) is 18.2. The van der Waals surface area contributed by atoms with Gasteiger partial charge in [0.25, 0.3) is 0 Å². The van der Waals surface area contributed by atoms with Crippen LogP contribution < -0.4 is 5.73 Å². The molecule has 0 spiro atoms. The van der Waals surface area contributed by atoms with Crippen LogP contribution in [-0.4, -0.2) is 28.1 Å². The number of thiazole rings is 1. The highest BCUT2D eigenvalue weighted by atomic mass is 35.5. The molecular formula is C18H12Cl2F3N3O2S2. The molecule has 2 heterocycles. The lowest BCUT2D eigenvalue weighted by Gasteiger charge is -2.05. The van der Waals surface area contributed by atoms with Crippen LogP contribution >= 0.6 is 45.9 Å². The van der Waals surface area contributed by atoms with Gasteiger partial charge in [0.2, 0.25) is 0 Å². The van der Waals surface area contributed by atoms with Gasteiger partial charge < -0.3 is 10.8 Å². The van der Waals surface area contributed by atoms with Crippen molar-refractivity contribution in [3.8, 4) is 16.2 Å². The van der Waals surface area contributed by atoms with Crippen LogP contribution in [0.3, 0.4) is 0 Å². The first-order valence-corrected chi connectivity index (χ1v) is 10.6. The summed E-state index contributed by atoms with van der Waals surface area (Å²) in [6, 6.07) is 4.88. The number of nitrogen functional groups attached to an aromatic ring is 1. The van der Waals surface area contributed by atoms with Gasteiger partial charge in [0.05, 0.1) is 14.9 Å². The molecule has 3 N–H and O–H groups in total. The van der Waals surface area contributed by atoms with Crippen LogP contribution in [0.15, 0.2) is 28.6 Å². The Bertz CT molecular complexity index is 1160. The number of thiophene rings is 1. The summed E-state index contributed by atoms with van der Waals surface area (Å²) < 4.78 is 39.0. The third kappa shape index (κ3) is 4.61. The van der Waals surface area contributed by atoms with Gasteiger partial charge in [-0.05, 0) is 24.6 Å². The first-order valence-electron chi connectivity index (χ1n) is 8.13. The summed E-state index contributed by atoms with van der Waals surface area (Å²) in [7, 11) is 0. The van der Waals surface area contributed by atoms with E-state index in [1.807, 2.05) is 0 Å². The van der Waals surface area contributed by atoms with Gasteiger partial charge in [0.15, 0.2) is 16.6 Å². The van der Waals surface area contributed by atoms with Gasteiger partial charge in [-0.25, -0.2) is 4.98 Å². The fraction of sp³-hybridized carbons (Fsp3) is 0.167. The minimum absolute atomic E-state index is 0.0786. The lowest BCUT2D eigenvalue weighted by atomic mass is 10.1. The maximum absolute atomic E-state index is 13.0. The van der Waals surface area contributed by atoms with Gasteiger partial charge in [0, 0.05) is 16.7 Å². The molecule has 0 amide bonds. The van der Waals surface area contributed by atoms with E-state index in [1.165, 1.54) is 11.3 Å². The molecule has 0 atom stereocenters. The minimum atomic E-state index is -4.79. The number of aromatic nitrogens is 1. The summed E-state index contributed by atoms with van der Waals surface area (Å²) in [4.78, 5) is 19.4. The Kier molecular flexibility index (Phi) is 6.42. The van der Waals surface area contributed by atoms with E-state index in [2.05, 4.69) is 9.98 Å². The van der Waals surface area contributed by atoms with Crippen LogP contribution in [-0.2, 0) is 6.18 Å². The molecule has 0 aliphatic heterocycles. The molecule has 0 fully saturated rings. The van der Waals surface area contributed by atoms with Crippen molar-refractivity contribution in [1.82, 2.24) is 4.98 Å². The van der Waals surface area contributed by atoms with Crippen molar-refractivity contribution in [2.45, 2.75) is 13.1 Å². The molecule has 3 rings (SSSR count). The zero-order valence-electron chi connectivity index (χ0n) is 15.1. The van der Waals surface area contributed by atoms with E-state index < -0.39 is 29.1 Å². The maximum Gasteiger partial charge on any atom is 0.435 e. The molecule has 0 bridgehead atoms. The molecule has 0 saturated heterocycles. The number of carbonyl (C=O) groups excluding carboxylic acids is 1. The number of halogens is 5. The summed E-state index contributed by atoms with van der Waals surface area (Å²) in [5.41, 5.74) is 5.29. The predicted octanol–water partition coefficient (Wildman–Crippen LogP) is 6.18. The number of alkyl halides is 3. The molecule has 0 radical (unpaired) electrons. The van der Waals surface area contributed by atoms with Crippen molar-refractivity contribution < 1.29 is 23.1 Å². The van der Waals surface area contributed by atoms with Crippen LogP contribution in [0.5, 0.6) is 5.75 Å². The zero-order chi connectivity index (χ0) is 22.2. The highest BCUT2D eigenvalue weighted by Crippen LogP contribution is 2.40. The van der Waals surface area contributed by atoms with Crippen molar-refractivity contribution >= 4 is 62.5 Å². The Labute approximate surface area is 186 Å². The van der Waals surface area contributed by atoms with E-state index in [0.29, 0.717) is 37.4 Å². The van der Waals surface area contributed by atoms with Gasteiger partial charge in [-0.2, -0.15) is 13.2 Å². The summed E-state index contributed by atoms with van der Waals surface area (Å²) >= 11 is 13.6. The van der Waals surface area contributed by atoms with E-state index in [1.54, 1.807) is 30.5 Å². The van der Waals surface area contributed by atoms with Gasteiger partial charge in [-0.3, -0.25) is 9.79 Å². The Morgan fingerprint density at radius 2 is 2.00 bits per heavy atom. The van der Waals surface area contributed by atoms with Gasteiger partial charge >= 0.3 is 6.18 Å². The average Bonchev–Trinajstić information content (AvgIpc) is 3.24. The monoisotopic (exact) mass is 493 g/mol. The lowest BCUT2D eigenvalue weighted by Crippen LogP contribution is -2.14. The number of hydrogen-bond acceptors (Lipinski definition) is 7. The van der Waals surface area contributed by atoms with Crippen molar-refractivity contribution in [2.24, 2.45) is 4.99 Å². The number of nitrogens with two attached hydrogens (primary N) is 1. The SMILES string of the molecule is CC(=NCC(=O)c1sc(N)nc1C(F)(F)F)c1csc(-c2ccc(Cl)c(Cl)c2)c1O. The molecule has 2 aromatic heterocycles. The first kappa shape index (κ1) is 22.5. The number of hydrogen-bond donors (Lipinski definition) is 2. The van der Waals surface area contributed by atoms with Crippen molar-refractivity contribution in [3.05, 3.63) is 49.8 Å². The molecule has 5 nitrogen and oxygen atoms in total. The second-order valence-electron chi connectivity index (χ2n) is 6.01. The summed E-state index contributed by atoms with van der Waals surface area (Å²) in [6.45, 7) is 0.993. The number of aliphatic imine (C=N–C) groups is 1. The van der Waals surface area contributed by atoms with Crippen LogP contribution in [0.2, 0.25) is 10.0 Å². The third-order valence-electron chi connectivity index (χ3n) is 3.96. The second-order valence-corrected chi connectivity index (χ2v) is 8.73. The molecular weight excluding hydrogens is 482 g/mol. The standard InChI is InChI=1S/C18H12Cl2F3N3O2S2/c1-7(25-5-12(27)15-16(18(21,22)23)26-17(24)30-15)9-6-29-14(13(9)28)8-2-3-10(19)11(20)4-8/h2-4,6,28H,5H2,1H3,(H2,24,26). The average molecular weight is 494 g/mol. The Balaban J connectivity index is 1.84. The number of ketones is 1. The normalized spacial score (nSPS) is 12.4. The number of aromatic hydroxyl groups is 1. The molecule has 0 aliphatic carbocycles. The van der Waals surface area contributed by atoms with Gasteiger partial charge in [0.1, 0.15) is 17.2 Å². The minimum Gasteiger partial charge on any atom is -0.506 e. The quantitative estimate of drug-likeness (QED) is 0.328. The summed E-state index contributed by atoms with van der Waals surface area (Å²) in [5, 5.41) is 12.5. The maximum atomic E-state index is 13.0. The Hall–Kier alpha value is -2.14. The van der Waals surface area contributed by atoms with Crippen LogP contribution in [0, 0.1) is 0 Å². The second kappa shape index (κ2) is 8.54. The number of nitrogens with zero attached hydrogens (tertiary/aromatic N) is 2. The fourth-order valence-corrected chi connectivity index (χ4v) is 4.60.